The van der Waals surface area contributed by atoms with Gasteiger partial charge in [0.05, 0.1) is 31.3 Å². The predicted octanol–water partition coefficient (Wildman–Crippen LogP) is 22.0. The highest BCUT2D eigenvalue weighted by Crippen LogP contribution is 2.20. The van der Waals surface area contributed by atoms with Crippen molar-refractivity contribution in [1.82, 2.24) is 5.32 Å². The Morgan fingerprint density at radius 3 is 0.658 bits per heavy atom. The normalized spacial score (nSPS) is 13.0. The summed E-state index contributed by atoms with van der Waals surface area (Å²) in [6.07, 6.45) is 80.4. The Bertz CT molecular complexity index is 1010. The number of hydrogen-bond donors (Lipinski definition) is 4. The molecule has 0 aliphatic rings. The van der Waals surface area contributed by atoms with E-state index in [1.54, 1.807) is 0 Å². The fraction of sp³-hybridized carbons (Fsp3) is 0.985. The number of aliphatic hydroxyl groups is 3. The van der Waals surface area contributed by atoms with Crippen LogP contribution in [-0.4, -0.2) is 46.1 Å². The van der Waals surface area contributed by atoms with Crippen LogP contribution < -0.4 is 5.32 Å². The molecule has 5 heteroatoms. The molecule has 0 heterocycles. The number of rotatable bonds is 65. The summed E-state index contributed by atoms with van der Waals surface area (Å²) in [4.78, 5) is 12.6. The fourth-order valence-corrected chi connectivity index (χ4v) is 11.5. The molecule has 0 saturated heterocycles. The van der Waals surface area contributed by atoms with Gasteiger partial charge in [0.25, 0.3) is 0 Å². The van der Waals surface area contributed by atoms with Crippen LogP contribution in [-0.2, 0) is 4.79 Å². The first-order chi connectivity index (χ1) is 36.0. The van der Waals surface area contributed by atoms with Crippen LogP contribution in [0.5, 0.6) is 0 Å². The van der Waals surface area contributed by atoms with Crippen LogP contribution in [0.4, 0.5) is 0 Å². The Kier molecular flexibility index (Phi) is 63.3. The van der Waals surface area contributed by atoms with E-state index in [0.29, 0.717) is 12.8 Å². The fourth-order valence-electron chi connectivity index (χ4n) is 11.5. The zero-order chi connectivity index (χ0) is 52.9. The number of carbonyl (C=O) groups is 1. The molecule has 0 radical (unpaired) electrons. The second-order valence-electron chi connectivity index (χ2n) is 24.2. The van der Waals surface area contributed by atoms with Crippen LogP contribution in [0.15, 0.2) is 0 Å². The monoisotopic (exact) mass is 1030 g/mol. The molecule has 0 aliphatic heterocycles. The van der Waals surface area contributed by atoms with Gasteiger partial charge in [-0.3, -0.25) is 4.79 Å². The average molecular weight is 1030 g/mol. The lowest BCUT2D eigenvalue weighted by molar-refractivity contribution is -0.125. The Morgan fingerprint density at radius 1 is 0.288 bits per heavy atom. The van der Waals surface area contributed by atoms with Gasteiger partial charge in [0.1, 0.15) is 0 Å². The van der Waals surface area contributed by atoms with Crippen LogP contribution in [0.25, 0.3) is 0 Å². The van der Waals surface area contributed by atoms with Crippen molar-refractivity contribution in [3.05, 3.63) is 0 Å². The first kappa shape index (κ1) is 72.3. The Balaban J connectivity index is 3.41. The van der Waals surface area contributed by atoms with Crippen molar-refractivity contribution in [2.75, 3.05) is 6.61 Å². The molecule has 5 nitrogen and oxygen atoms in total. The van der Waals surface area contributed by atoms with Crippen LogP contribution in [0.2, 0.25) is 0 Å². The lowest BCUT2D eigenvalue weighted by atomic mass is 10.0. The molecular formula is C68H137NO4. The van der Waals surface area contributed by atoms with Gasteiger partial charge in [0.15, 0.2) is 0 Å². The maximum absolute atomic E-state index is 12.6. The smallest absolute Gasteiger partial charge is 0.222 e. The number of aliphatic hydroxyl groups excluding tert-OH is 3. The molecule has 3 atom stereocenters. The minimum absolute atomic E-state index is 0.0440. The minimum Gasteiger partial charge on any atom is -0.394 e. The zero-order valence-electron chi connectivity index (χ0n) is 50.3. The van der Waals surface area contributed by atoms with Crippen molar-refractivity contribution in [3.8, 4) is 0 Å². The maximum atomic E-state index is 12.6. The second-order valence-corrected chi connectivity index (χ2v) is 24.2. The Labute approximate surface area is 459 Å². The summed E-state index contributed by atoms with van der Waals surface area (Å²) in [6.45, 7) is 4.32. The summed E-state index contributed by atoms with van der Waals surface area (Å²) < 4.78 is 0. The van der Waals surface area contributed by atoms with Gasteiger partial charge in [-0.15, -0.1) is 0 Å². The highest BCUT2D eigenvalue weighted by molar-refractivity contribution is 5.76. The van der Waals surface area contributed by atoms with E-state index in [-0.39, 0.29) is 18.9 Å². The molecule has 1 amide bonds. The molecule has 4 N–H and O–H groups in total. The first-order valence-corrected chi connectivity index (χ1v) is 34.3. The lowest BCUT2D eigenvalue weighted by Crippen LogP contribution is -2.46. The van der Waals surface area contributed by atoms with E-state index in [1.807, 2.05) is 0 Å². The molecule has 0 aromatic heterocycles. The number of carbonyl (C=O) groups excluding carboxylic acids is 1. The average Bonchev–Trinajstić information content (AvgIpc) is 3.39. The summed E-state index contributed by atoms with van der Waals surface area (Å²) in [5, 5.41) is 33.8. The zero-order valence-corrected chi connectivity index (χ0v) is 50.3. The van der Waals surface area contributed by atoms with Crippen molar-refractivity contribution in [2.45, 2.75) is 424 Å². The number of hydrogen-bond acceptors (Lipinski definition) is 4. The van der Waals surface area contributed by atoms with Gasteiger partial charge in [0.2, 0.25) is 5.91 Å². The van der Waals surface area contributed by atoms with E-state index < -0.39 is 18.2 Å². The van der Waals surface area contributed by atoms with Crippen molar-refractivity contribution in [1.29, 1.82) is 0 Å². The van der Waals surface area contributed by atoms with Gasteiger partial charge in [-0.2, -0.15) is 0 Å². The highest BCUT2D eigenvalue weighted by atomic mass is 16.3. The van der Waals surface area contributed by atoms with Crippen LogP contribution in [0.3, 0.4) is 0 Å². The number of nitrogens with one attached hydrogen (secondary N) is 1. The van der Waals surface area contributed by atoms with Gasteiger partial charge in [-0.05, 0) is 12.8 Å². The first-order valence-electron chi connectivity index (χ1n) is 34.3. The van der Waals surface area contributed by atoms with E-state index in [0.717, 1.165) is 25.7 Å². The molecule has 0 aliphatic carbocycles. The lowest BCUT2D eigenvalue weighted by Gasteiger charge is -2.23. The van der Waals surface area contributed by atoms with E-state index in [2.05, 4.69) is 19.2 Å². The molecule has 3 unspecified atom stereocenters. The molecule has 0 fully saturated rings. The van der Waals surface area contributed by atoms with Crippen LogP contribution in [0, 0.1) is 0 Å². The summed E-state index contributed by atoms with van der Waals surface area (Å²) >= 11 is 0. The van der Waals surface area contributed by atoms with E-state index in [1.165, 1.54) is 347 Å². The van der Waals surface area contributed by atoms with Gasteiger partial charge in [-0.1, -0.05) is 386 Å². The summed E-state index contributed by atoms with van der Waals surface area (Å²) in [7, 11) is 0. The molecule has 438 valence electrons. The molecule has 0 aromatic rings. The molecule has 0 rings (SSSR count). The van der Waals surface area contributed by atoms with Gasteiger partial charge < -0.3 is 20.6 Å². The molecule has 0 bridgehead atoms. The maximum Gasteiger partial charge on any atom is 0.222 e. The van der Waals surface area contributed by atoms with Crippen LogP contribution >= 0.6 is 0 Å². The van der Waals surface area contributed by atoms with Crippen molar-refractivity contribution in [2.24, 2.45) is 0 Å². The molecule has 0 aromatic carbocycles. The predicted molar refractivity (Wildman–Crippen MR) is 324 cm³/mol. The summed E-state index contributed by atoms with van der Waals surface area (Å²) in [6, 6.07) is -0.655. The van der Waals surface area contributed by atoms with Crippen LogP contribution in [0.1, 0.15) is 406 Å². The van der Waals surface area contributed by atoms with E-state index in [9.17, 15) is 20.1 Å². The van der Waals surface area contributed by atoms with E-state index >= 15 is 0 Å². The topological polar surface area (TPSA) is 89.8 Å². The largest absolute Gasteiger partial charge is 0.394 e. The Morgan fingerprint density at radius 2 is 0.466 bits per heavy atom. The van der Waals surface area contributed by atoms with Gasteiger partial charge >= 0.3 is 0 Å². The third-order valence-electron chi connectivity index (χ3n) is 16.7. The molecule has 0 spiro atoms. The van der Waals surface area contributed by atoms with E-state index in [4.69, 9.17) is 0 Å². The molecule has 0 saturated carbocycles. The molecule has 73 heavy (non-hydrogen) atoms. The van der Waals surface area contributed by atoms with Crippen molar-refractivity contribution in [3.63, 3.8) is 0 Å². The van der Waals surface area contributed by atoms with Crippen molar-refractivity contribution >= 4 is 5.91 Å². The SMILES string of the molecule is CCCCCCCCCCCCCCCCCCCCCCCCCCCCCCCCCCCCCC(O)CC(=O)NC(CO)C(O)CCCCCCCCCCCCCCCCCCCCCCCCC. The number of amides is 1. The van der Waals surface area contributed by atoms with Gasteiger partial charge in [0, 0.05) is 0 Å². The summed E-state index contributed by atoms with van der Waals surface area (Å²) in [5.74, 6) is -0.272. The van der Waals surface area contributed by atoms with Gasteiger partial charge in [-0.25, -0.2) is 0 Å². The third-order valence-corrected chi connectivity index (χ3v) is 16.7. The Hall–Kier alpha value is -0.650. The standard InChI is InChI=1S/C68H137NO4/c1-3-5-7-9-11-13-15-17-19-21-23-25-27-28-29-30-31-32-33-34-35-36-37-38-40-41-43-45-47-49-51-53-55-57-59-61-65(71)63-68(73)69-66(64-70)67(72)62-60-58-56-54-52-50-48-46-44-42-39-26-24-22-20-18-16-14-12-10-8-6-4-2/h65-67,70-72H,3-64H2,1-2H3,(H,69,73). The highest BCUT2D eigenvalue weighted by Gasteiger charge is 2.21. The minimum atomic E-state index is -0.747. The quantitative estimate of drug-likeness (QED) is 0.0457. The second kappa shape index (κ2) is 63.9. The number of unbranched alkanes of at least 4 members (excludes halogenated alkanes) is 56. The third kappa shape index (κ3) is 60.4. The molecular weight excluding hydrogens is 895 g/mol. The van der Waals surface area contributed by atoms with Crippen molar-refractivity contribution < 1.29 is 20.1 Å². The summed E-state index contributed by atoms with van der Waals surface area (Å²) in [5.41, 5.74) is 0.